The number of carbonyl (C=O) groups excluding carboxylic acids is 3. The second kappa shape index (κ2) is 10.1. The molecule has 1 heterocycles. The van der Waals surface area contributed by atoms with Crippen molar-refractivity contribution >= 4 is 17.8 Å². The number of hydrogen-bond donors (Lipinski definition) is 2. The number of rotatable bonds is 7. The Morgan fingerprint density at radius 1 is 1.19 bits per heavy atom. The Morgan fingerprint density at radius 3 is 2.53 bits per heavy atom. The van der Waals surface area contributed by atoms with Gasteiger partial charge in [-0.1, -0.05) is 20.3 Å². The molecule has 182 valence electrons. The fraction of sp³-hybridized carbons (Fsp3) is 0.880. The van der Waals surface area contributed by atoms with E-state index in [0.717, 1.165) is 25.7 Å². The Balaban J connectivity index is 1.77. The Labute approximate surface area is 191 Å². The molecule has 0 spiro atoms. The predicted octanol–water partition coefficient (Wildman–Crippen LogP) is 3.35. The molecule has 8 atom stereocenters. The smallest absolute Gasteiger partial charge is 0.311 e. The highest BCUT2D eigenvalue weighted by Gasteiger charge is 2.49. The van der Waals surface area contributed by atoms with E-state index in [4.69, 9.17) is 15.2 Å². The number of primary amides is 1. The summed E-state index contributed by atoms with van der Waals surface area (Å²) in [6.07, 6.45) is 4.87. The van der Waals surface area contributed by atoms with Crippen LogP contribution in [-0.4, -0.2) is 41.3 Å². The summed E-state index contributed by atoms with van der Waals surface area (Å²) in [5, 5.41) is 9.95. The molecular weight excluding hydrogens is 410 g/mol. The number of hydrogen-bond acceptors (Lipinski definition) is 6. The molecule has 0 aromatic rings. The minimum atomic E-state index is -0.631. The third-order valence-corrected chi connectivity index (χ3v) is 8.45. The molecule has 0 unspecified atom stereocenters. The molecule has 3 rings (SSSR count). The maximum atomic E-state index is 13.0. The lowest BCUT2D eigenvalue weighted by Crippen LogP contribution is -2.50. The number of carbonyl (C=O) groups is 3. The Morgan fingerprint density at radius 2 is 1.91 bits per heavy atom. The molecule has 1 aliphatic heterocycles. The molecule has 3 fully saturated rings. The van der Waals surface area contributed by atoms with Crippen LogP contribution in [0.15, 0.2) is 0 Å². The Bertz CT molecular complexity index is 707. The molecule has 7 heteroatoms. The van der Waals surface area contributed by atoms with Gasteiger partial charge in [0.2, 0.25) is 5.91 Å². The molecular formula is C25H41NO6. The van der Waals surface area contributed by atoms with Crippen LogP contribution in [-0.2, 0) is 23.9 Å². The van der Waals surface area contributed by atoms with Crippen molar-refractivity contribution in [2.75, 3.05) is 0 Å². The van der Waals surface area contributed by atoms with E-state index >= 15 is 0 Å². The molecule has 1 saturated heterocycles. The SMILES string of the molecule is CCC(C)(C)C(=O)O[C@H]1C[C@@H](C(N)=O)C[C@@H]2CC[C@H](C)[C@H](CC[C@@H]3C[C@@H](O)CC(=O)O3)[C@H]21. The van der Waals surface area contributed by atoms with Crippen molar-refractivity contribution in [3.05, 3.63) is 0 Å². The van der Waals surface area contributed by atoms with Crippen molar-refractivity contribution in [1.82, 2.24) is 0 Å². The highest BCUT2D eigenvalue weighted by atomic mass is 16.6. The van der Waals surface area contributed by atoms with Crippen LogP contribution in [0.3, 0.4) is 0 Å². The molecule has 3 aliphatic rings. The van der Waals surface area contributed by atoms with Crippen LogP contribution in [0.25, 0.3) is 0 Å². The van der Waals surface area contributed by atoms with Gasteiger partial charge in [0.15, 0.2) is 0 Å². The van der Waals surface area contributed by atoms with Crippen LogP contribution in [0, 0.1) is 35.0 Å². The third-order valence-electron chi connectivity index (χ3n) is 8.45. The number of fused-ring (bicyclic) bond motifs is 1. The van der Waals surface area contributed by atoms with Gasteiger partial charge in [-0.3, -0.25) is 14.4 Å². The summed E-state index contributed by atoms with van der Waals surface area (Å²) in [7, 11) is 0. The average molecular weight is 452 g/mol. The van der Waals surface area contributed by atoms with Crippen LogP contribution in [0.1, 0.15) is 85.5 Å². The van der Waals surface area contributed by atoms with Crippen molar-refractivity contribution in [2.24, 2.45) is 40.7 Å². The molecule has 7 nitrogen and oxygen atoms in total. The second-order valence-electron chi connectivity index (χ2n) is 11.1. The van der Waals surface area contributed by atoms with Crippen LogP contribution in [0.2, 0.25) is 0 Å². The van der Waals surface area contributed by atoms with Gasteiger partial charge in [-0.05, 0) is 70.1 Å². The van der Waals surface area contributed by atoms with Crippen molar-refractivity contribution < 1.29 is 29.0 Å². The highest BCUT2D eigenvalue weighted by molar-refractivity contribution is 5.78. The highest BCUT2D eigenvalue weighted by Crippen LogP contribution is 2.51. The monoisotopic (exact) mass is 451 g/mol. The predicted molar refractivity (Wildman–Crippen MR) is 119 cm³/mol. The number of nitrogens with two attached hydrogens (primary N) is 1. The van der Waals surface area contributed by atoms with Crippen LogP contribution < -0.4 is 5.73 Å². The average Bonchev–Trinajstić information content (AvgIpc) is 2.72. The third kappa shape index (κ3) is 5.64. The molecule has 2 saturated carbocycles. The van der Waals surface area contributed by atoms with E-state index in [1.54, 1.807) is 0 Å². The number of esters is 2. The van der Waals surface area contributed by atoms with Crippen LogP contribution in [0.4, 0.5) is 0 Å². The fourth-order valence-electron chi connectivity index (χ4n) is 6.06. The molecule has 0 aromatic heterocycles. The summed E-state index contributed by atoms with van der Waals surface area (Å²) in [5.74, 6) is 0.113. The van der Waals surface area contributed by atoms with Crippen LogP contribution in [0.5, 0.6) is 0 Å². The van der Waals surface area contributed by atoms with Gasteiger partial charge in [-0.25, -0.2) is 0 Å². The van der Waals surface area contributed by atoms with Gasteiger partial charge in [-0.15, -0.1) is 0 Å². The van der Waals surface area contributed by atoms with Crippen molar-refractivity contribution in [3.8, 4) is 0 Å². The van der Waals surface area contributed by atoms with E-state index < -0.39 is 11.5 Å². The van der Waals surface area contributed by atoms with E-state index in [1.807, 2.05) is 20.8 Å². The number of amides is 1. The van der Waals surface area contributed by atoms with Crippen molar-refractivity contribution in [1.29, 1.82) is 0 Å². The van der Waals surface area contributed by atoms with Crippen molar-refractivity contribution in [3.63, 3.8) is 0 Å². The normalized spacial score (nSPS) is 37.8. The molecule has 0 aromatic carbocycles. The topological polar surface area (TPSA) is 116 Å². The zero-order chi connectivity index (χ0) is 23.6. The Hall–Kier alpha value is -1.63. The number of ether oxygens (including phenoxy) is 2. The summed E-state index contributed by atoms with van der Waals surface area (Å²) in [5.41, 5.74) is 5.11. The van der Waals surface area contributed by atoms with Gasteiger partial charge < -0.3 is 20.3 Å². The van der Waals surface area contributed by atoms with E-state index in [-0.39, 0.29) is 48.3 Å². The first-order valence-corrected chi connectivity index (χ1v) is 12.4. The van der Waals surface area contributed by atoms with Gasteiger partial charge in [0.05, 0.1) is 17.9 Å². The lowest BCUT2D eigenvalue weighted by Gasteiger charge is -2.50. The summed E-state index contributed by atoms with van der Waals surface area (Å²) in [6.45, 7) is 8.01. The molecule has 3 N–H and O–H groups in total. The lowest BCUT2D eigenvalue weighted by molar-refractivity contribution is -0.175. The quantitative estimate of drug-likeness (QED) is 0.574. The van der Waals surface area contributed by atoms with E-state index in [9.17, 15) is 19.5 Å². The molecule has 1 amide bonds. The van der Waals surface area contributed by atoms with E-state index in [1.165, 1.54) is 0 Å². The van der Waals surface area contributed by atoms with Crippen LogP contribution >= 0.6 is 0 Å². The fourth-order valence-corrected chi connectivity index (χ4v) is 6.06. The molecule has 2 aliphatic carbocycles. The zero-order valence-electron chi connectivity index (χ0n) is 20.0. The van der Waals surface area contributed by atoms with Gasteiger partial charge in [0.1, 0.15) is 12.2 Å². The van der Waals surface area contributed by atoms with Gasteiger partial charge in [0.25, 0.3) is 0 Å². The minimum Gasteiger partial charge on any atom is -0.462 e. The number of aliphatic hydroxyl groups is 1. The van der Waals surface area contributed by atoms with Gasteiger partial charge in [0, 0.05) is 18.3 Å². The molecule has 32 heavy (non-hydrogen) atoms. The molecule has 0 radical (unpaired) electrons. The maximum Gasteiger partial charge on any atom is 0.311 e. The number of aliphatic hydroxyl groups excluding tert-OH is 1. The van der Waals surface area contributed by atoms with E-state index in [0.29, 0.717) is 43.4 Å². The maximum absolute atomic E-state index is 13.0. The van der Waals surface area contributed by atoms with E-state index in [2.05, 4.69) is 6.92 Å². The first-order chi connectivity index (χ1) is 15.0. The largest absolute Gasteiger partial charge is 0.462 e. The summed E-state index contributed by atoms with van der Waals surface area (Å²) in [6, 6.07) is 0. The minimum absolute atomic E-state index is 0.0702. The first-order valence-electron chi connectivity index (χ1n) is 12.4. The number of cyclic esters (lactones) is 1. The summed E-state index contributed by atoms with van der Waals surface area (Å²) >= 11 is 0. The zero-order valence-corrected chi connectivity index (χ0v) is 20.0. The van der Waals surface area contributed by atoms with Crippen molar-refractivity contribution in [2.45, 2.75) is 104 Å². The lowest BCUT2D eigenvalue weighted by atomic mass is 9.57. The Kier molecular flexibility index (Phi) is 7.89. The summed E-state index contributed by atoms with van der Waals surface area (Å²) < 4.78 is 11.6. The summed E-state index contributed by atoms with van der Waals surface area (Å²) in [4.78, 5) is 36.8. The second-order valence-corrected chi connectivity index (χ2v) is 11.1. The van der Waals surface area contributed by atoms with Gasteiger partial charge in [-0.2, -0.15) is 0 Å². The molecule has 0 bridgehead atoms. The standard InChI is InChI=1S/C25H41NO6/c1-5-25(3,4)24(30)32-20-11-16(23(26)29)10-15-7-6-14(2)19(22(15)20)9-8-18-12-17(27)13-21(28)31-18/h14-20,22,27H,5-13H2,1-4H3,(H2,26,29)/t14-,15-,16-,17+,18+,19-,20-,22-/m0/s1. The first kappa shape index (κ1) is 25.0. The van der Waals surface area contributed by atoms with Gasteiger partial charge >= 0.3 is 11.9 Å².